The molecule has 1 unspecified atom stereocenters. The largest absolute Gasteiger partial charge is 0.380 e. The lowest BCUT2D eigenvalue weighted by molar-refractivity contribution is 0.184. The van der Waals surface area contributed by atoms with Gasteiger partial charge in [-0.15, -0.1) is 0 Å². The molecule has 1 aromatic rings. The van der Waals surface area contributed by atoms with E-state index in [1.807, 2.05) is 0 Å². The molecule has 1 aromatic carbocycles. The lowest BCUT2D eigenvalue weighted by atomic mass is 10.1. The first kappa shape index (κ1) is 14.2. The number of methoxy groups -OCH3 is 1. The molecule has 2 heteroatoms. The van der Waals surface area contributed by atoms with E-state index in [9.17, 15) is 0 Å². The van der Waals surface area contributed by atoms with Crippen LogP contribution >= 0.6 is 0 Å². The highest BCUT2D eigenvalue weighted by atomic mass is 16.5. The summed E-state index contributed by atoms with van der Waals surface area (Å²) in [7, 11) is 1.75. The zero-order valence-electron chi connectivity index (χ0n) is 11.3. The molecule has 0 bridgehead atoms. The second kappa shape index (κ2) is 8.26. The van der Waals surface area contributed by atoms with Crippen LogP contribution in [0.15, 0.2) is 24.3 Å². The van der Waals surface area contributed by atoms with Gasteiger partial charge >= 0.3 is 0 Å². The molecule has 1 atom stereocenters. The molecule has 1 rings (SSSR count). The van der Waals surface area contributed by atoms with Gasteiger partial charge in [0.2, 0.25) is 0 Å². The van der Waals surface area contributed by atoms with Crippen molar-refractivity contribution in [3.8, 4) is 0 Å². The van der Waals surface area contributed by atoms with Crippen LogP contribution < -0.4 is 5.32 Å². The van der Waals surface area contributed by atoms with E-state index in [4.69, 9.17) is 4.74 Å². The Morgan fingerprint density at radius 1 is 1.18 bits per heavy atom. The maximum absolute atomic E-state index is 5.22. The van der Waals surface area contributed by atoms with Crippen LogP contribution in [-0.2, 0) is 17.9 Å². The fraction of sp³-hybridized carbons (Fsp3) is 0.600. The van der Waals surface area contributed by atoms with Gasteiger partial charge in [-0.25, -0.2) is 0 Å². The smallest absolute Gasteiger partial charge is 0.0716 e. The Kier molecular flexibility index (Phi) is 6.90. The van der Waals surface area contributed by atoms with Crippen LogP contribution in [0.2, 0.25) is 0 Å². The van der Waals surface area contributed by atoms with Crippen LogP contribution in [-0.4, -0.2) is 13.2 Å². The first-order valence-corrected chi connectivity index (χ1v) is 6.60. The molecule has 0 fully saturated rings. The molecule has 0 saturated heterocycles. The Morgan fingerprint density at radius 3 is 2.47 bits per heavy atom. The predicted octanol–water partition coefficient (Wildman–Crippen LogP) is 3.50. The summed E-state index contributed by atoms with van der Waals surface area (Å²) in [6.07, 6.45) is 3.69. The third kappa shape index (κ3) is 4.88. The lowest BCUT2D eigenvalue weighted by Gasteiger charge is -2.17. The third-order valence-electron chi connectivity index (χ3n) is 3.13. The van der Waals surface area contributed by atoms with Crippen LogP contribution in [0.25, 0.3) is 0 Å². The van der Waals surface area contributed by atoms with Gasteiger partial charge in [-0.3, -0.25) is 0 Å². The van der Waals surface area contributed by atoms with Crippen molar-refractivity contribution in [3.63, 3.8) is 0 Å². The highest BCUT2D eigenvalue weighted by Crippen LogP contribution is 2.11. The number of benzene rings is 1. The predicted molar refractivity (Wildman–Crippen MR) is 73.0 cm³/mol. The zero-order valence-corrected chi connectivity index (χ0v) is 11.3. The molecular weight excluding hydrogens is 210 g/mol. The Hall–Kier alpha value is -0.860. The number of rotatable bonds is 8. The van der Waals surface area contributed by atoms with E-state index >= 15 is 0 Å². The first-order chi connectivity index (χ1) is 8.31. The summed E-state index contributed by atoms with van der Waals surface area (Å²) in [6, 6.07) is 9.12. The lowest BCUT2D eigenvalue weighted by Crippen LogP contribution is -2.28. The topological polar surface area (TPSA) is 21.3 Å². The van der Waals surface area contributed by atoms with E-state index in [-0.39, 0.29) is 0 Å². The van der Waals surface area contributed by atoms with Crippen molar-refractivity contribution in [3.05, 3.63) is 35.4 Å². The standard InChI is InChI=1S/C15H25NO/c1-4-8-15(5-2)16-11-13-9-6-7-10-14(13)12-17-3/h6-7,9-10,15-16H,4-5,8,11-12H2,1-3H3. The van der Waals surface area contributed by atoms with Crippen molar-refractivity contribution < 1.29 is 4.74 Å². The summed E-state index contributed by atoms with van der Waals surface area (Å²) in [4.78, 5) is 0. The molecule has 96 valence electrons. The molecule has 0 aromatic heterocycles. The van der Waals surface area contributed by atoms with Gasteiger partial charge in [-0.05, 0) is 24.0 Å². The Bertz CT molecular complexity index is 312. The van der Waals surface area contributed by atoms with E-state index in [0.717, 1.165) is 6.54 Å². The first-order valence-electron chi connectivity index (χ1n) is 6.60. The van der Waals surface area contributed by atoms with E-state index < -0.39 is 0 Å². The summed E-state index contributed by atoms with van der Waals surface area (Å²) in [5, 5.41) is 3.63. The van der Waals surface area contributed by atoms with Gasteiger partial charge < -0.3 is 10.1 Å². The average molecular weight is 235 g/mol. The molecule has 0 saturated carbocycles. The van der Waals surface area contributed by atoms with Gasteiger partial charge in [0, 0.05) is 19.7 Å². The average Bonchev–Trinajstić information content (AvgIpc) is 2.36. The van der Waals surface area contributed by atoms with Gasteiger partial charge in [0.05, 0.1) is 6.61 Å². The minimum Gasteiger partial charge on any atom is -0.380 e. The zero-order chi connectivity index (χ0) is 12.5. The molecule has 0 heterocycles. The van der Waals surface area contributed by atoms with E-state index in [1.165, 1.54) is 30.4 Å². The molecule has 1 N–H and O–H groups in total. The van der Waals surface area contributed by atoms with Crippen LogP contribution in [0, 0.1) is 0 Å². The van der Waals surface area contributed by atoms with Crippen molar-refractivity contribution in [2.75, 3.05) is 7.11 Å². The summed E-state index contributed by atoms with van der Waals surface area (Å²) in [5.74, 6) is 0. The fourth-order valence-corrected chi connectivity index (χ4v) is 2.08. The summed E-state index contributed by atoms with van der Waals surface area (Å²) >= 11 is 0. The molecule has 17 heavy (non-hydrogen) atoms. The van der Waals surface area contributed by atoms with Gasteiger partial charge in [0.1, 0.15) is 0 Å². The molecule has 0 aliphatic carbocycles. The minimum atomic E-state index is 0.635. The van der Waals surface area contributed by atoms with Gasteiger partial charge in [0.15, 0.2) is 0 Å². The van der Waals surface area contributed by atoms with Crippen molar-refractivity contribution in [1.29, 1.82) is 0 Å². The van der Waals surface area contributed by atoms with Gasteiger partial charge in [-0.1, -0.05) is 44.5 Å². The van der Waals surface area contributed by atoms with Gasteiger partial charge in [0.25, 0.3) is 0 Å². The van der Waals surface area contributed by atoms with E-state index in [0.29, 0.717) is 12.6 Å². The highest BCUT2D eigenvalue weighted by Gasteiger charge is 2.06. The number of ether oxygens (including phenoxy) is 1. The summed E-state index contributed by atoms with van der Waals surface area (Å²) < 4.78 is 5.22. The van der Waals surface area contributed by atoms with E-state index in [1.54, 1.807) is 7.11 Å². The van der Waals surface area contributed by atoms with Gasteiger partial charge in [-0.2, -0.15) is 0 Å². The van der Waals surface area contributed by atoms with Crippen molar-refractivity contribution in [2.24, 2.45) is 0 Å². The highest BCUT2D eigenvalue weighted by molar-refractivity contribution is 5.26. The van der Waals surface area contributed by atoms with Crippen molar-refractivity contribution >= 4 is 0 Å². The van der Waals surface area contributed by atoms with Crippen LogP contribution in [0.3, 0.4) is 0 Å². The molecule has 0 radical (unpaired) electrons. The molecule has 0 spiro atoms. The minimum absolute atomic E-state index is 0.635. The Morgan fingerprint density at radius 2 is 1.88 bits per heavy atom. The summed E-state index contributed by atoms with van der Waals surface area (Å²) in [5.41, 5.74) is 2.64. The molecule has 0 aliphatic rings. The number of hydrogen-bond donors (Lipinski definition) is 1. The van der Waals surface area contributed by atoms with Crippen LogP contribution in [0.4, 0.5) is 0 Å². The molecule has 0 amide bonds. The monoisotopic (exact) mass is 235 g/mol. The van der Waals surface area contributed by atoms with Crippen LogP contribution in [0.5, 0.6) is 0 Å². The second-order valence-electron chi connectivity index (χ2n) is 4.48. The Labute approximate surface area is 105 Å². The quantitative estimate of drug-likeness (QED) is 0.744. The number of hydrogen-bond acceptors (Lipinski definition) is 2. The SMILES string of the molecule is CCCC(CC)NCc1ccccc1COC. The van der Waals surface area contributed by atoms with Crippen molar-refractivity contribution in [1.82, 2.24) is 5.32 Å². The maximum Gasteiger partial charge on any atom is 0.0716 e. The fourth-order valence-electron chi connectivity index (χ4n) is 2.08. The summed E-state index contributed by atoms with van der Waals surface area (Å²) in [6.45, 7) is 6.12. The molecule has 0 aliphatic heterocycles. The van der Waals surface area contributed by atoms with Crippen LogP contribution in [0.1, 0.15) is 44.2 Å². The Balaban J connectivity index is 2.55. The third-order valence-corrected chi connectivity index (χ3v) is 3.13. The maximum atomic E-state index is 5.22. The van der Waals surface area contributed by atoms with E-state index in [2.05, 4.69) is 43.4 Å². The van der Waals surface area contributed by atoms with Crippen molar-refractivity contribution in [2.45, 2.75) is 52.3 Å². The molecular formula is C15H25NO. The normalized spacial score (nSPS) is 12.6. The molecule has 2 nitrogen and oxygen atoms in total. The second-order valence-corrected chi connectivity index (χ2v) is 4.48. The number of nitrogens with one attached hydrogen (secondary N) is 1.